The van der Waals surface area contributed by atoms with Gasteiger partial charge in [-0.2, -0.15) is 0 Å². The molecule has 1 atom stereocenters. The van der Waals surface area contributed by atoms with E-state index in [1.807, 2.05) is 0 Å². The van der Waals surface area contributed by atoms with E-state index in [0.717, 1.165) is 0 Å². The number of likely N-dealkylation sites (tertiary alicyclic amines) is 1. The largest absolute Gasteiger partial charge is 0.480 e. The van der Waals surface area contributed by atoms with Crippen molar-refractivity contribution < 1.29 is 24.2 Å². The fourth-order valence-corrected chi connectivity index (χ4v) is 1.78. The van der Waals surface area contributed by atoms with Gasteiger partial charge in [0.05, 0.1) is 13.5 Å². The van der Waals surface area contributed by atoms with Gasteiger partial charge in [-0.15, -0.1) is 0 Å². The second kappa shape index (κ2) is 5.48. The molecule has 1 aliphatic rings. The van der Waals surface area contributed by atoms with E-state index >= 15 is 0 Å². The number of rotatable bonds is 4. The van der Waals surface area contributed by atoms with Crippen LogP contribution in [0.3, 0.4) is 0 Å². The molecule has 0 saturated carbocycles. The first kappa shape index (κ1) is 12.5. The number of methoxy groups -OCH3 is 1. The summed E-state index contributed by atoms with van der Waals surface area (Å²) < 4.78 is 4.41. The van der Waals surface area contributed by atoms with Gasteiger partial charge in [0, 0.05) is 13.0 Å². The molecule has 1 heterocycles. The summed E-state index contributed by atoms with van der Waals surface area (Å²) in [6.07, 6.45) is 1.19. The van der Waals surface area contributed by atoms with E-state index in [2.05, 4.69) is 4.74 Å². The lowest BCUT2D eigenvalue weighted by molar-refractivity contribution is -0.149. The maximum Gasteiger partial charge on any atom is 0.326 e. The van der Waals surface area contributed by atoms with Gasteiger partial charge < -0.3 is 14.7 Å². The second-order valence-electron chi connectivity index (χ2n) is 3.66. The molecule has 1 aliphatic heterocycles. The number of carboxylic acids is 1. The van der Waals surface area contributed by atoms with Gasteiger partial charge >= 0.3 is 11.9 Å². The maximum absolute atomic E-state index is 11.6. The SMILES string of the molecule is COC(=O)CCC(=O)N1CCCC1C(=O)O. The Labute approximate surface area is 93.2 Å². The van der Waals surface area contributed by atoms with Crippen LogP contribution in [-0.2, 0) is 19.1 Å². The minimum Gasteiger partial charge on any atom is -0.480 e. The summed E-state index contributed by atoms with van der Waals surface area (Å²) in [4.78, 5) is 34.6. The number of carbonyl (C=O) groups is 3. The average Bonchev–Trinajstić information content (AvgIpc) is 2.74. The molecule has 0 bridgehead atoms. The van der Waals surface area contributed by atoms with E-state index in [-0.39, 0.29) is 18.7 Å². The minimum atomic E-state index is -0.982. The van der Waals surface area contributed by atoms with Crippen molar-refractivity contribution in [2.75, 3.05) is 13.7 Å². The third kappa shape index (κ3) is 2.95. The van der Waals surface area contributed by atoms with Crippen LogP contribution in [0.4, 0.5) is 0 Å². The minimum absolute atomic E-state index is 0.00181. The number of nitrogens with zero attached hydrogens (tertiary/aromatic N) is 1. The van der Waals surface area contributed by atoms with E-state index in [9.17, 15) is 14.4 Å². The highest BCUT2D eigenvalue weighted by molar-refractivity contribution is 5.86. The van der Waals surface area contributed by atoms with E-state index in [1.54, 1.807) is 0 Å². The third-order valence-electron chi connectivity index (χ3n) is 2.63. The van der Waals surface area contributed by atoms with Crippen LogP contribution in [0.25, 0.3) is 0 Å². The number of aliphatic carboxylic acids is 1. The topological polar surface area (TPSA) is 83.9 Å². The van der Waals surface area contributed by atoms with Crippen LogP contribution in [0.2, 0.25) is 0 Å². The molecule has 16 heavy (non-hydrogen) atoms. The van der Waals surface area contributed by atoms with Gasteiger partial charge in [-0.05, 0) is 12.8 Å². The Bertz CT molecular complexity index is 302. The first-order chi connectivity index (χ1) is 7.56. The molecule has 1 amide bonds. The quantitative estimate of drug-likeness (QED) is 0.687. The van der Waals surface area contributed by atoms with Crippen molar-refractivity contribution in [1.29, 1.82) is 0 Å². The number of hydrogen-bond donors (Lipinski definition) is 1. The molecule has 0 aromatic heterocycles. The average molecular weight is 229 g/mol. The number of amides is 1. The van der Waals surface area contributed by atoms with Crippen molar-refractivity contribution in [1.82, 2.24) is 4.90 Å². The molecule has 6 heteroatoms. The summed E-state index contributed by atoms with van der Waals surface area (Å²) in [6.45, 7) is 0.455. The molecular weight excluding hydrogens is 214 g/mol. The summed E-state index contributed by atoms with van der Waals surface area (Å²) >= 11 is 0. The normalized spacial score (nSPS) is 19.6. The first-order valence-electron chi connectivity index (χ1n) is 5.15. The molecule has 0 radical (unpaired) electrons. The smallest absolute Gasteiger partial charge is 0.326 e. The van der Waals surface area contributed by atoms with Gasteiger partial charge in [0.1, 0.15) is 6.04 Å². The van der Waals surface area contributed by atoms with E-state index in [0.29, 0.717) is 19.4 Å². The summed E-state index contributed by atoms with van der Waals surface area (Å²) in [6, 6.07) is -0.731. The van der Waals surface area contributed by atoms with Crippen molar-refractivity contribution in [2.24, 2.45) is 0 Å². The van der Waals surface area contributed by atoms with Crippen LogP contribution in [0.15, 0.2) is 0 Å². The lowest BCUT2D eigenvalue weighted by Gasteiger charge is -2.21. The Morgan fingerprint density at radius 3 is 2.62 bits per heavy atom. The molecule has 6 nitrogen and oxygen atoms in total. The zero-order valence-electron chi connectivity index (χ0n) is 9.14. The number of hydrogen-bond acceptors (Lipinski definition) is 4. The van der Waals surface area contributed by atoms with Crippen molar-refractivity contribution in [2.45, 2.75) is 31.7 Å². The van der Waals surface area contributed by atoms with E-state index < -0.39 is 18.0 Å². The van der Waals surface area contributed by atoms with Crippen LogP contribution in [0, 0.1) is 0 Å². The molecule has 1 rings (SSSR count). The second-order valence-corrected chi connectivity index (χ2v) is 3.66. The fourth-order valence-electron chi connectivity index (χ4n) is 1.78. The van der Waals surface area contributed by atoms with Gasteiger partial charge in [-0.3, -0.25) is 9.59 Å². The highest BCUT2D eigenvalue weighted by atomic mass is 16.5. The predicted molar refractivity (Wildman–Crippen MR) is 53.6 cm³/mol. The van der Waals surface area contributed by atoms with Crippen LogP contribution in [0.5, 0.6) is 0 Å². The zero-order valence-corrected chi connectivity index (χ0v) is 9.14. The molecule has 0 aromatic carbocycles. The number of carbonyl (C=O) groups excluding carboxylic acids is 2. The van der Waals surface area contributed by atoms with Gasteiger partial charge in [-0.1, -0.05) is 0 Å². The highest BCUT2D eigenvalue weighted by Crippen LogP contribution is 2.18. The number of esters is 1. The summed E-state index contributed by atoms with van der Waals surface area (Å²) in [5.74, 6) is -1.74. The monoisotopic (exact) mass is 229 g/mol. The fraction of sp³-hybridized carbons (Fsp3) is 0.700. The molecule has 1 saturated heterocycles. The summed E-state index contributed by atoms with van der Waals surface area (Å²) in [7, 11) is 1.25. The van der Waals surface area contributed by atoms with Gasteiger partial charge in [-0.25, -0.2) is 4.79 Å². The lowest BCUT2D eigenvalue weighted by Crippen LogP contribution is -2.40. The Hall–Kier alpha value is -1.59. The Balaban J connectivity index is 2.47. The molecular formula is C10H15NO5. The maximum atomic E-state index is 11.6. The molecule has 1 unspecified atom stereocenters. The highest BCUT2D eigenvalue weighted by Gasteiger charge is 2.33. The molecule has 0 aliphatic carbocycles. The zero-order chi connectivity index (χ0) is 12.1. The van der Waals surface area contributed by atoms with Crippen LogP contribution < -0.4 is 0 Å². The van der Waals surface area contributed by atoms with Crippen molar-refractivity contribution in [3.63, 3.8) is 0 Å². The van der Waals surface area contributed by atoms with Gasteiger partial charge in [0.15, 0.2) is 0 Å². The third-order valence-corrected chi connectivity index (χ3v) is 2.63. The molecule has 0 aromatic rings. The van der Waals surface area contributed by atoms with Crippen molar-refractivity contribution >= 4 is 17.8 Å². The van der Waals surface area contributed by atoms with Crippen LogP contribution in [-0.4, -0.2) is 47.5 Å². The summed E-state index contributed by atoms with van der Waals surface area (Å²) in [5.41, 5.74) is 0. The lowest BCUT2D eigenvalue weighted by atomic mass is 10.2. The van der Waals surface area contributed by atoms with Gasteiger partial charge in [0.25, 0.3) is 0 Å². The number of ether oxygens (including phenoxy) is 1. The molecule has 1 N–H and O–H groups in total. The van der Waals surface area contributed by atoms with Gasteiger partial charge in [0.2, 0.25) is 5.91 Å². The Morgan fingerprint density at radius 2 is 2.06 bits per heavy atom. The van der Waals surface area contributed by atoms with Crippen LogP contribution >= 0.6 is 0 Å². The van der Waals surface area contributed by atoms with E-state index in [4.69, 9.17) is 5.11 Å². The van der Waals surface area contributed by atoms with Crippen molar-refractivity contribution in [3.8, 4) is 0 Å². The molecule has 1 fully saturated rings. The molecule has 90 valence electrons. The molecule has 0 spiro atoms. The Kier molecular flexibility index (Phi) is 4.28. The van der Waals surface area contributed by atoms with Crippen LogP contribution in [0.1, 0.15) is 25.7 Å². The number of carboxylic acid groups (broad SMARTS) is 1. The predicted octanol–water partition coefficient (Wildman–Crippen LogP) is 0.0152. The van der Waals surface area contributed by atoms with Crippen molar-refractivity contribution in [3.05, 3.63) is 0 Å². The standard InChI is InChI=1S/C10H15NO5/c1-16-9(13)5-4-8(12)11-6-2-3-7(11)10(14)15/h7H,2-6H2,1H3,(H,14,15). The Morgan fingerprint density at radius 1 is 1.38 bits per heavy atom. The van der Waals surface area contributed by atoms with E-state index in [1.165, 1.54) is 12.0 Å². The first-order valence-corrected chi connectivity index (χ1v) is 5.15. The summed E-state index contributed by atoms with van der Waals surface area (Å²) in [5, 5.41) is 8.87.